The van der Waals surface area contributed by atoms with Crippen molar-refractivity contribution in [2.75, 3.05) is 11.9 Å². The fourth-order valence-corrected chi connectivity index (χ4v) is 2.23. The predicted molar refractivity (Wildman–Crippen MR) is 86.0 cm³/mol. The molecule has 0 aliphatic carbocycles. The number of nitrogens with zero attached hydrogens (tertiary/aromatic N) is 2. The van der Waals surface area contributed by atoms with Gasteiger partial charge in [0.15, 0.2) is 0 Å². The number of fused-ring (bicyclic) bond motifs is 1. The van der Waals surface area contributed by atoms with Crippen molar-refractivity contribution in [3.63, 3.8) is 0 Å². The summed E-state index contributed by atoms with van der Waals surface area (Å²) in [5.41, 5.74) is 3.08. The SMILES string of the molecule is C=CCNc1nc(C[C@@H](C)C(=O)NO)c2cc(Cl)ccc2n1. The van der Waals surface area contributed by atoms with Gasteiger partial charge in [-0.25, -0.2) is 15.4 Å². The van der Waals surface area contributed by atoms with Crippen LogP contribution in [0.15, 0.2) is 30.9 Å². The average molecular weight is 321 g/mol. The normalized spacial score (nSPS) is 12.0. The van der Waals surface area contributed by atoms with Gasteiger partial charge < -0.3 is 5.32 Å². The van der Waals surface area contributed by atoms with E-state index >= 15 is 0 Å². The third kappa shape index (κ3) is 3.72. The first-order valence-corrected chi connectivity index (χ1v) is 7.18. The number of anilines is 1. The van der Waals surface area contributed by atoms with Crippen LogP contribution in [0.5, 0.6) is 0 Å². The van der Waals surface area contributed by atoms with Crippen LogP contribution in [0, 0.1) is 5.92 Å². The molecule has 0 radical (unpaired) electrons. The Morgan fingerprint density at radius 1 is 1.50 bits per heavy atom. The van der Waals surface area contributed by atoms with E-state index < -0.39 is 11.8 Å². The summed E-state index contributed by atoms with van der Waals surface area (Å²) in [5, 5.41) is 13.1. The van der Waals surface area contributed by atoms with E-state index in [0.29, 0.717) is 29.6 Å². The predicted octanol–water partition coefficient (Wildman–Crippen LogP) is 2.57. The van der Waals surface area contributed by atoms with Gasteiger partial charge >= 0.3 is 0 Å². The number of rotatable bonds is 6. The molecule has 22 heavy (non-hydrogen) atoms. The molecule has 0 aliphatic rings. The highest BCUT2D eigenvalue weighted by molar-refractivity contribution is 6.31. The van der Waals surface area contributed by atoms with Crippen molar-refractivity contribution in [2.45, 2.75) is 13.3 Å². The van der Waals surface area contributed by atoms with Crippen LogP contribution in [-0.4, -0.2) is 27.6 Å². The minimum atomic E-state index is -0.464. The Bertz CT molecular complexity index is 705. The minimum Gasteiger partial charge on any atom is -0.351 e. The molecule has 7 heteroatoms. The van der Waals surface area contributed by atoms with Crippen molar-refractivity contribution < 1.29 is 10.0 Å². The summed E-state index contributed by atoms with van der Waals surface area (Å²) >= 11 is 6.04. The highest BCUT2D eigenvalue weighted by Crippen LogP contribution is 2.24. The molecule has 1 amide bonds. The number of aromatic nitrogens is 2. The van der Waals surface area contributed by atoms with E-state index in [4.69, 9.17) is 16.8 Å². The molecule has 1 atom stereocenters. The van der Waals surface area contributed by atoms with Crippen LogP contribution in [0.4, 0.5) is 5.95 Å². The molecular weight excluding hydrogens is 304 g/mol. The van der Waals surface area contributed by atoms with Gasteiger partial charge in [-0.15, -0.1) is 6.58 Å². The number of hydrogen-bond acceptors (Lipinski definition) is 5. The van der Waals surface area contributed by atoms with Crippen LogP contribution in [-0.2, 0) is 11.2 Å². The summed E-state index contributed by atoms with van der Waals surface area (Å²) in [6.07, 6.45) is 2.06. The summed E-state index contributed by atoms with van der Waals surface area (Å²) in [6.45, 7) is 5.88. The van der Waals surface area contributed by atoms with Crippen LogP contribution in [0.1, 0.15) is 12.6 Å². The second-order valence-corrected chi connectivity index (χ2v) is 5.34. The molecule has 0 saturated heterocycles. The van der Waals surface area contributed by atoms with Gasteiger partial charge in [-0.05, 0) is 18.2 Å². The smallest absolute Gasteiger partial charge is 0.246 e. The van der Waals surface area contributed by atoms with Crippen molar-refractivity contribution in [1.82, 2.24) is 15.4 Å². The number of carbonyl (C=O) groups excluding carboxylic acids is 1. The summed E-state index contributed by atoms with van der Waals surface area (Å²) in [5.74, 6) is -0.440. The van der Waals surface area contributed by atoms with Gasteiger partial charge in [0.25, 0.3) is 0 Å². The third-order valence-electron chi connectivity index (χ3n) is 3.20. The standard InChI is InChI=1S/C15H17ClN4O2/c1-3-6-17-15-18-12-5-4-10(16)8-11(12)13(19-15)7-9(2)14(21)20-22/h3-5,8-9,22H,1,6-7H2,2H3,(H,20,21)(H,17,18,19)/t9-/m1/s1. The number of benzene rings is 1. The van der Waals surface area contributed by atoms with Gasteiger partial charge in [0.1, 0.15) is 0 Å². The van der Waals surface area contributed by atoms with Crippen molar-refractivity contribution in [2.24, 2.45) is 5.92 Å². The van der Waals surface area contributed by atoms with Crippen LogP contribution in [0.25, 0.3) is 10.9 Å². The number of carbonyl (C=O) groups is 1. The zero-order valence-corrected chi connectivity index (χ0v) is 12.9. The zero-order valence-electron chi connectivity index (χ0n) is 12.1. The van der Waals surface area contributed by atoms with Crippen molar-refractivity contribution in [1.29, 1.82) is 0 Å². The summed E-state index contributed by atoms with van der Waals surface area (Å²) in [6, 6.07) is 5.33. The molecule has 2 rings (SSSR count). The molecule has 0 aliphatic heterocycles. The van der Waals surface area contributed by atoms with Gasteiger partial charge in [0, 0.05) is 29.3 Å². The maximum absolute atomic E-state index is 11.5. The average Bonchev–Trinajstić information content (AvgIpc) is 2.52. The van der Waals surface area contributed by atoms with E-state index in [2.05, 4.69) is 21.9 Å². The van der Waals surface area contributed by atoms with Crippen molar-refractivity contribution in [3.8, 4) is 0 Å². The molecule has 1 aromatic heterocycles. The fourth-order valence-electron chi connectivity index (χ4n) is 2.06. The van der Waals surface area contributed by atoms with Gasteiger partial charge in [0.05, 0.1) is 11.2 Å². The zero-order chi connectivity index (χ0) is 16.1. The summed E-state index contributed by atoms with van der Waals surface area (Å²) < 4.78 is 0. The molecule has 1 heterocycles. The first-order chi connectivity index (χ1) is 10.5. The molecule has 2 aromatic rings. The van der Waals surface area contributed by atoms with Crippen molar-refractivity contribution in [3.05, 3.63) is 41.6 Å². The number of hydrogen-bond donors (Lipinski definition) is 3. The van der Waals surface area contributed by atoms with Crippen LogP contribution in [0.3, 0.4) is 0 Å². The lowest BCUT2D eigenvalue weighted by Gasteiger charge is -2.13. The van der Waals surface area contributed by atoms with Gasteiger partial charge in [-0.1, -0.05) is 24.6 Å². The molecule has 0 bridgehead atoms. The van der Waals surface area contributed by atoms with E-state index in [1.807, 2.05) is 0 Å². The van der Waals surface area contributed by atoms with E-state index in [1.165, 1.54) is 0 Å². The Kier molecular flexibility index (Phi) is 5.30. The number of nitrogens with one attached hydrogen (secondary N) is 2. The van der Waals surface area contributed by atoms with Crippen LogP contribution >= 0.6 is 11.6 Å². The number of hydroxylamine groups is 1. The Hall–Kier alpha value is -2.18. The molecule has 0 unspecified atom stereocenters. The van der Waals surface area contributed by atoms with E-state index in [0.717, 1.165) is 10.9 Å². The number of amides is 1. The maximum atomic E-state index is 11.5. The summed E-state index contributed by atoms with van der Waals surface area (Å²) in [7, 11) is 0. The van der Waals surface area contributed by atoms with Crippen molar-refractivity contribution >= 4 is 34.4 Å². The molecule has 1 aromatic carbocycles. The molecule has 3 N–H and O–H groups in total. The molecule has 0 spiro atoms. The minimum absolute atomic E-state index is 0.356. The Balaban J connectivity index is 2.45. The van der Waals surface area contributed by atoms with E-state index in [1.54, 1.807) is 36.7 Å². The Morgan fingerprint density at radius 2 is 2.27 bits per heavy atom. The lowest BCUT2D eigenvalue weighted by Crippen LogP contribution is -2.27. The Labute approximate surface area is 133 Å². The molecule has 116 valence electrons. The monoisotopic (exact) mass is 320 g/mol. The molecule has 0 saturated carbocycles. The van der Waals surface area contributed by atoms with Gasteiger partial charge in [-0.2, -0.15) is 0 Å². The highest BCUT2D eigenvalue weighted by Gasteiger charge is 2.17. The largest absolute Gasteiger partial charge is 0.351 e. The molecule has 6 nitrogen and oxygen atoms in total. The van der Waals surface area contributed by atoms with Crippen LogP contribution < -0.4 is 10.8 Å². The first kappa shape index (κ1) is 16.2. The van der Waals surface area contributed by atoms with Gasteiger partial charge in [0.2, 0.25) is 11.9 Å². The molecule has 0 fully saturated rings. The topological polar surface area (TPSA) is 87.1 Å². The highest BCUT2D eigenvalue weighted by atomic mass is 35.5. The lowest BCUT2D eigenvalue weighted by molar-refractivity contribution is -0.132. The lowest BCUT2D eigenvalue weighted by atomic mass is 10.0. The molecular formula is C15H17ClN4O2. The second-order valence-electron chi connectivity index (χ2n) is 4.91. The quantitative estimate of drug-likeness (QED) is 0.432. The maximum Gasteiger partial charge on any atom is 0.246 e. The van der Waals surface area contributed by atoms with Gasteiger partial charge in [-0.3, -0.25) is 10.0 Å². The first-order valence-electron chi connectivity index (χ1n) is 6.80. The Morgan fingerprint density at radius 3 is 2.95 bits per heavy atom. The second kappa shape index (κ2) is 7.20. The fraction of sp³-hybridized carbons (Fsp3) is 0.267. The van der Waals surface area contributed by atoms with Crippen LogP contribution in [0.2, 0.25) is 5.02 Å². The third-order valence-corrected chi connectivity index (χ3v) is 3.43. The summed E-state index contributed by atoms with van der Waals surface area (Å²) in [4.78, 5) is 20.4. The van der Waals surface area contributed by atoms with E-state index in [9.17, 15) is 4.79 Å². The van der Waals surface area contributed by atoms with E-state index in [-0.39, 0.29) is 0 Å². The number of halogens is 1.